The van der Waals surface area contributed by atoms with Crippen molar-refractivity contribution >= 4 is 16.5 Å². The van der Waals surface area contributed by atoms with Gasteiger partial charge in [0.05, 0.1) is 5.69 Å². The Labute approximate surface area is 114 Å². The molecular weight excluding hydrogens is 242 g/mol. The Morgan fingerprint density at radius 2 is 2.22 bits per heavy atom. The molecule has 0 bridgehead atoms. The third-order valence-corrected chi connectivity index (χ3v) is 5.30. The molecule has 1 heterocycles. The second-order valence-electron chi connectivity index (χ2n) is 5.67. The number of nitrogens with zero attached hydrogens (tertiary/aromatic N) is 2. The van der Waals surface area contributed by atoms with Crippen molar-refractivity contribution in [2.45, 2.75) is 46.1 Å². The molecule has 1 aromatic heterocycles. The summed E-state index contributed by atoms with van der Waals surface area (Å²) in [5.41, 5.74) is 7.06. The number of hydrogen-bond donors (Lipinski definition) is 1. The Morgan fingerprint density at radius 1 is 1.56 bits per heavy atom. The molecule has 0 aliphatic heterocycles. The van der Waals surface area contributed by atoms with Crippen LogP contribution in [-0.2, 0) is 6.54 Å². The van der Waals surface area contributed by atoms with Crippen LogP contribution < -0.4 is 10.6 Å². The van der Waals surface area contributed by atoms with Crippen LogP contribution in [0.1, 0.15) is 50.1 Å². The predicted molar refractivity (Wildman–Crippen MR) is 79.3 cm³/mol. The minimum atomic E-state index is 0.516. The van der Waals surface area contributed by atoms with Gasteiger partial charge in [-0.1, -0.05) is 20.8 Å². The molecule has 0 saturated heterocycles. The van der Waals surface area contributed by atoms with Crippen molar-refractivity contribution in [3.8, 4) is 0 Å². The Morgan fingerprint density at radius 3 is 2.72 bits per heavy atom. The van der Waals surface area contributed by atoms with E-state index in [9.17, 15) is 0 Å². The molecule has 2 N–H and O–H groups in total. The maximum atomic E-state index is 5.84. The van der Waals surface area contributed by atoms with Crippen molar-refractivity contribution in [2.24, 2.45) is 17.6 Å². The van der Waals surface area contributed by atoms with Crippen LogP contribution in [-0.4, -0.2) is 18.6 Å². The average molecular weight is 267 g/mol. The number of rotatable bonds is 6. The summed E-state index contributed by atoms with van der Waals surface area (Å²) in [4.78, 5) is 8.39. The Hall–Kier alpha value is -0.610. The molecule has 2 rings (SSSR count). The van der Waals surface area contributed by atoms with E-state index in [0.717, 1.165) is 29.9 Å². The van der Waals surface area contributed by atoms with Crippen LogP contribution in [0.3, 0.4) is 0 Å². The maximum Gasteiger partial charge on any atom is 0.185 e. The molecule has 0 amide bonds. The lowest BCUT2D eigenvalue weighted by molar-refractivity contribution is 0.695. The lowest BCUT2D eigenvalue weighted by Gasteiger charge is -2.15. The van der Waals surface area contributed by atoms with E-state index >= 15 is 0 Å². The summed E-state index contributed by atoms with van der Waals surface area (Å²) < 4.78 is 0. The molecular formula is C14H25N3S. The zero-order valence-corrected chi connectivity index (χ0v) is 12.8. The molecule has 1 fully saturated rings. The van der Waals surface area contributed by atoms with Crippen molar-refractivity contribution in [2.75, 3.05) is 18.5 Å². The average Bonchev–Trinajstić information content (AvgIpc) is 2.91. The molecule has 1 aliphatic rings. The fraction of sp³-hybridized carbons (Fsp3) is 0.786. The van der Waals surface area contributed by atoms with Crippen LogP contribution >= 0.6 is 11.3 Å². The van der Waals surface area contributed by atoms with Crippen LogP contribution in [0.4, 0.5) is 5.13 Å². The molecule has 3 unspecified atom stereocenters. The van der Waals surface area contributed by atoms with Gasteiger partial charge in [-0.15, -0.1) is 11.3 Å². The van der Waals surface area contributed by atoms with Crippen LogP contribution in [0.5, 0.6) is 0 Å². The van der Waals surface area contributed by atoms with Gasteiger partial charge in [0.25, 0.3) is 0 Å². The summed E-state index contributed by atoms with van der Waals surface area (Å²) in [6, 6.07) is 0. The first-order chi connectivity index (χ1) is 8.56. The third kappa shape index (κ3) is 2.86. The van der Waals surface area contributed by atoms with Gasteiger partial charge in [-0.3, -0.25) is 0 Å². The molecule has 1 aromatic rings. The molecule has 4 heteroatoms. The third-order valence-electron chi connectivity index (χ3n) is 4.09. The highest BCUT2D eigenvalue weighted by Crippen LogP contribution is 2.39. The zero-order chi connectivity index (χ0) is 13.3. The summed E-state index contributed by atoms with van der Waals surface area (Å²) in [6.45, 7) is 8.53. The second-order valence-corrected chi connectivity index (χ2v) is 6.73. The number of anilines is 1. The minimum absolute atomic E-state index is 0.516. The molecule has 18 heavy (non-hydrogen) atoms. The quantitative estimate of drug-likeness (QED) is 0.860. The second kappa shape index (κ2) is 5.57. The maximum absolute atomic E-state index is 5.84. The summed E-state index contributed by atoms with van der Waals surface area (Å²) in [7, 11) is 2.16. The van der Waals surface area contributed by atoms with E-state index in [1.54, 1.807) is 11.3 Å². The van der Waals surface area contributed by atoms with E-state index in [2.05, 4.69) is 32.7 Å². The zero-order valence-electron chi connectivity index (χ0n) is 11.9. The standard InChI is InChI=1S/C14H25N3S/c1-5-9(2)13-12(7-15)18-14(16-13)17(4)8-11-6-10(11)3/h9-11H,5-8,15H2,1-4H3. The van der Waals surface area contributed by atoms with Gasteiger partial charge < -0.3 is 10.6 Å². The highest BCUT2D eigenvalue weighted by Gasteiger charge is 2.33. The van der Waals surface area contributed by atoms with Crippen molar-refractivity contribution in [3.05, 3.63) is 10.6 Å². The molecule has 0 aromatic carbocycles. The van der Waals surface area contributed by atoms with Crippen LogP contribution in [0, 0.1) is 11.8 Å². The van der Waals surface area contributed by atoms with E-state index in [-0.39, 0.29) is 0 Å². The molecule has 3 nitrogen and oxygen atoms in total. The fourth-order valence-corrected chi connectivity index (χ4v) is 3.35. The van der Waals surface area contributed by atoms with Gasteiger partial charge in [0.2, 0.25) is 0 Å². The number of nitrogens with two attached hydrogens (primary N) is 1. The molecule has 0 radical (unpaired) electrons. The van der Waals surface area contributed by atoms with Gasteiger partial charge >= 0.3 is 0 Å². The van der Waals surface area contributed by atoms with Gasteiger partial charge in [-0.25, -0.2) is 4.98 Å². The Balaban J connectivity index is 2.10. The van der Waals surface area contributed by atoms with Crippen molar-refractivity contribution in [1.82, 2.24) is 4.98 Å². The lowest BCUT2D eigenvalue weighted by Crippen LogP contribution is -2.20. The predicted octanol–water partition coefficient (Wildman–Crippen LogP) is 3.21. The van der Waals surface area contributed by atoms with E-state index in [1.807, 2.05) is 0 Å². The largest absolute Gasteiger partial charge is 0.351 e. The number of aromatic nitrogens is 1. The SMILES string of the molecule is CCC(C)c1nc(N(C)CC2CC2C)sc1CN. The van der Waals surface area contributed by atoms with Gasteiger partial charge in [0.1, 0.15) is 0 Å². The number of thiazole rings is 1. The summed E-state index contributed by atoms with van der Waals surface area (Å²) >= 11 is 1.77. The van der Waals surface area contributed by atoms with Crippen LogP contribution in [0.2, 0.25) is 0 Å². The summed E-state index contributed by atoms with van der Waals surface area (Å²) in [6.07, 6.45) is 2.50. The van der Waals surface area contributed by atoms with Gasteiger partial charge in [-0.2, -0.15) is 0 Å². The summed E-state index contributed by atoms with van der Waals surface area (Å²) in [5, 5.41) is 1.14. The van der Waals surface area contributed by atoms with Crippen LogP contribution in [0.25, 0.3) is 0 Å². The van der Waals surface area contributed by atoms with Crippen molar-refractivity contribution in [1.29, 1.82) is 0 Å². The fourth-order valence-electron chi connectivity index (χ4n) is 2.32. The highest BCUT2D eigenvalue weighted by molar-refractivity contribution is 7.15. The molecule has 1 saturated carbocycles. The first kappa shape index (κ1) is 13.8. The summed E-state index contributed by atoms with van der Waals surface area (Å²) in [5.74, 6) is 2.28. The minimum Gasteiger partial charge on any atom is -0.351 e. The van der Waals surface area contributed by atoms with Gasteiger partial charge in [-0.05, 0) is 30.6 Å². The van der Waals surface area contributed by atoms with Crippen LogP contribution in [0.15, 0.2) is 0 Å². The monoisotopic (exact) mass is 267 g/mol. The number of hydrogen-bond acceptors (Lipinski definition) is 4. The Kier molecular flexibility index (Phi) is 4.28. The van der Waals surface area contributed by atoms with Crippen molar-refractivity contribution < 1.29 is 0 Å². The first-order valence-corrected chi connectivity index (χ1v) is 7.79. The Bertz CT molecular complexity index is 402. The highest BCUT2D eigenvalue weighted by atomic mass is 32.1. The molecule has 3 atom stereocenters. The first-order valence-electron chi connectivity index (χ1n) is 6.97. The molecule has 0 spiro atoms. The van der Waals surface area contributed by atoms with Gasteiger partial charge in [0.15, 0.2) is 5.13 Å². The van der Waals surface area contributed by atoms with Gasteiger partial charge in [0, 0.05) is 25.0 Å². The normalized spacial score (nSPS) is 24.1. The van der Waals surface area contributed by atoms with E-state index in [4.69, 9.17) is 10.7 Å². The topological polar surface area (TPSA) is 42.2 Å². The molecule has 1 aliphatic carbocycles. The lowest BCUT2D eigenvalue weighted by atomic mass is 10.0. The van der Waals surface area contributed by atoms with E-state index in [1.165, 1.54) is 17.0 Å². The van der Waals surface area contributed by atoms with E-state index < -0.39 is 0 Å². The van der Waals surface area contributed by atoms with Crippen molar-refractivity contribution in [3.63, 3.8) is 0 Å². The van der Waals surface area contributed by atoms with E-state index in [0.29, 0.717) is 12.5 Å². The molecule has 102 valence electrons. The smallest absolute Gasteiger partial charge is 0.185 e.